The van der Waals surface area contributed by atoms with E-state index in [2.05, 4.69) is 4.74 Å². The Morgan fingerprint density at radius 1 is 1.06 bits per heavy atom. The molecular weight excluding hydrogens is 456 g/mol. The maximum absolute atomic E-state index is 12.7. The first kappa shape index (κ1) is 22.7. The van der Waals surface area contributed by atoms with E-state index in [1.165, 1.54) is 12.1 Å². The molecule has 1 aliphatic rings. The zero-order valence-electron chi connectivity index (χ0n) is 16.0. The lowest BCUT2D eigenvalue weighted by Gasteiger charge is -2.09. The highest BCUT2D eigenvalue weighted by Gasteiger charge is 2.36. The van der Waals surface area contributed by atoms with Crippen LogP contribution >= 0.6 is 0 Å². The monoisotopic (exact) mass is 473 g/mol. The van der Waals surface area contributed by atoms with Crippen molar-refractivity contribution in [3.8, 4) is 5.75 Å². The Kier molecular flexibility index (Phi) is 6.32. The summed E-state index contributed by atoms with van der Waals surface area (Å²) >= 11 is 0. The summed E-state index contributed by atoms with van der Waals surface area (Å²) in [7, 11) is -8.39. The number of rotatable bonds is 7. The molecule has 1 atom stereocenters. The first-order valence-corrected chi connectivity index (χ1v) is 11.8. The summed E-state index contributed by atoms with van der Waals surface area (Å²) in [5.41, 5.74) is 0.713. The third kappa shape index (κ3) is 5.20. The molecule has 2 aromatic carbocycles. The number of sulfone groups is 1. The summed E-state index contributed by atoms with van der Waals surface area (Å²) in [5.74, 6) is -1.27. The molecule has 12 heteroatoms. The van der Waals surface area contributed by atoms with E-state index in [9.17, 15) is 30.4 Å². The number of carbonyl (C=O) groups excluding carboxylic acids is 1. The zero-order valence-corrected chi connectivity index (χ0v) is 17.6. The van der Waals surface area contributed by atoms with Gasteiger partial charge in [0.2, 0.25) is 5.09 Å². The Morgan fingerprint density at radius 3 is 2.26 bits per heavy atom. The lowest BCUT2D eigenvalue weighted by Crippen LogP contribution is -2.31. The van der Waals surface area contributed by atoms with Crippen molar-refractivity contribution in [3.63, 3.8) is 0 Å². The number of aryl methyl sites for hydroxylation is 1. The standard InChI is InChI=1S/C19H17F2NO7S2/c1-12-2-8-15(9-3-12)30(24,25)16-10-17(28-11-16)31(26,27)22-18(23)13-4-6-14(7-5-13)29-19(20)21/h2-10,16,19H,11H2,1H3,(H,22,23). The molecule has 1 aliphatic heterocycles. The molecule has 0 saturated carbocycles. The molecule has 166 valence electrons. The molecule has 2 aromatic rings. The smallest absolute Gasteiger partial charge is 0.387 e. The van der Waals surface area contributed by atoms with Crippen molar-refractivity contribution in [1.29, 1.82) is 0 Å². The van der Waals surface area contributed by atoms with Gasteiger partial charge in [0.05, 0.1) is 4.90 Å². The van der Waals surface area contributed by atoms with Crippen molar-refractivity contribution in [2.75, 3.05) is 6.61 Å². The van der Waals surface area contributed by atoms with E-state index < -0.39 is 49.3 Å². The number of benzene rings is 2. The van der Waals surface area contributed by atoms with Crippen LogP contribution in [0.3, 0.4) is 0 Å². The Bertz CT molecular complexity index is 1210. The number of hydrogen-bond acceptors (Lipinski definition) is 7. The second-order valence-corrected chi connectivity index (χ2v) is 10.3. The Hall–Kier alpha value is -2.99. The molecule has 3 rings (SSSR count). The fraction of sp³-hybridized carbons (Fsp3) is 0.211. The van der Waals surface area contributed by atoms with Gasteiger partial charge in [-0.15, -0.1) is 0 Å². The van der Waals surface area contributed by atoms with Gasteiger partial charge in [-0.1, -0.05) is 17.7 Å². The van der Waals surface area contributed by atoms with E-state index >= 15 is 0 Å². The van der Waals surface area contributed by atoms with Crippen molar-refractivity contribution in [2.24, 2.45) is 0 Å². The van der Waals surface area contributed by atoms with Crippen LogP contribution in [-0.2, 0) is 24.6 Å². The molecule has 31 heavy (non-hydrogen) atoms. The maximum atomic E-state index is 12.7. The van der Waals surface area contributed by atoms with Gasteiger partial charge in [0, 0.05) is 5.56 Å². The SMILES string of the molecule is Cc1ccc(S(=O)(=O)C2C=C(S(=O)(=O)NC(=O)c3ccc(OC(F)F)cc3)OC2)cc1. The van der Waals surface area contributed by atoms with Crippen LogP contribution in [0.2, 0.25) is 0 Å². The average Bonchev–Trinajstić information content (AvgIpc) is 3.20. The van der Waals surface area contributed by atoms with Crippen molar-refractivity contribution < 1.29 is 39.9 Å². The largest absolute Gasteiger partial charge is 0.480 e. The second kappa shape index (κ2) is 8.63. The third-order valence-electron chi connectivity index (χ3n) is 4.29. The zero-order chi connectivity index (χ0) is 22.8. The van der Waals surface area contributed by atoms with E-state index in [0.717, 1.165) is 35.9 Å². The van der Waals surface area contributed by atoms with Crippen molar-refractivity contribution in [3.05, 3.63) is 70.8 Å². The van der Waals surface area contributed by atoms with E-state index in [4.69, 9.17) is 4.74 Å². The molecule has 0 spiro atoms. The first-order chi connectivity index (χ1) is 14.5. The number of ether oxygens (including phenoxy) is 2. The molecule has 1 unspecified atom stereocenters. The molecule has 1 heterocycles. The quantitative estimate of drug-likeness (QED) is 0.656. The first-order valence-electron chi connectivity index (χ1n) is 8.76. The average molecular weight is 473 g/mol. The molecule has 0 saturated heterocycles. The highest BCUT2D eigenvalue weighted by molar-refractivity contribution is 7.94. The number of nitrogens with one attached hydrogen (secondary N) is 1. The number of amides is 1. The van der Waals surface area contributed by atoms with E-state index in [0.29, 0.717) is 0 Å². The topological polar surface area (TPSA) is 116 Å². The van der Waals surface area contributed by atoms with Crippen molar-refractivity contribution in [2.45, 2.75) is 23.7 Å². The van der Waals surface area contributed by atoms with Gasteiger partial charge in [0.15, 0.2) is 9.84 Å². The summed E-state index contributed by atoms with van der Waals surface area (Å²) in [6.07, 6.45) is 0.921. The predicted octanol–water partition coefficient (Wildman–Crippen LogP) is 2.37. The van der Waals surface area contributed by atoms with Gasteiger partial charge in [0.25, 0.3) is 15.9 Å². The van der Waals surface area contributed by atoms with Crippen LogP contribution in [-0.4, -0.2) is 41.2 Å². The van der Waals surface area contributed by atoms with E-state index in [1.54, 1.807) is 23.8 Å². The molecule has 1 N–H and O–H groups in total. The molecule has 0 bridgehead atoms. The van der Waals surface area contributed by atoms with Crippen LogP contribution in [0.5, 0.6) is 5.75 Å². The normalized spacial score (nSPS) is 16.5. The van der Waals surface area contributed by atoms with Gasteiger partial charge in [-0.05, 0) is 49.4 Å². The van der Waals surface area contributed by atoms with Crippen LogP contribution in [0.25, 0.3) is 0 Å². The number of hydrogen-bond donors (Lipinski definition) is 1. The number of sulfonamides is 1. The summed E-state index contributed by atoms with van der Waals surface area (Å²) in [5, 5.41) is -1.94. The molecular formula is C19H17F2NO7S2. The number of alkyl halides is 2. The van der Waals surface area contributed by atoms with Gasteiger partial charge in [-0.3, -0.25) is 4.79 Å². The van der Waals surface area contributed by atoms with Gasteiger partial charge >= 0.3 is 6.61 Å². The minimum absolute atomic E-state index is 0.0109. The van der Waals surface area contributed by atoms with Gasteiger partial charge in [-0.2, -0.15) is 17.2 Å². The van der Waals surface area contributed by atoms with Crippen LogP contribution < -0.4 is 9.46 Å². The van der Waals surface area contributed by atoms with Crippen LogP contribution in [0.4, 0.5) is 8.78 Å². The van der Waals surface area contributed by atoms with Crippen LogP contribution in [0, 0.1) is 6.92 Å². The number of carbonyl (C=O) groups is 1. The Labute approximate surface area is 177 Å². The predicted molar refractivity (Wildman–Crippen MR) is 106 cm³/mol. The number of halogens is 2. The fourth-order valence-corrected chi connectivity index (χ4v) is 5.21. The maximum Gasteiger partial charge on any atom is 0.387 e. The minimum Gasteiger partial charge on any atom is -0.480 e. The van der Waals surface area contributed by atoms with Crippen LogP contribution in [0.1, 0.15) is 15.9 Å². The summed E-state index contributed by atoms with van der Waals surface area (Å²) in [4.78, 5) is 12.2. The highest BCUT2D eigenvalue weighted by atomic mass is 32.2. The highest BCUT2D eigenvalue weighted by Crippen LogP contribution is 2.26. The van der Waals surface area contributed by atoms with Crippen LogP contribution in [0.15, 0.2) is 64.6 Å². The molecule has 0 fully saturated rings. The lowest BCUT2D eigenvalue weighted by atomic mass is 10.2. The van der Waals surface area contributed by atoms with Gasteiger partial charge in [-0.25, -0.2) is 13.1 Å². The van der Waals surface area contributed by atoms with E-state index in [1.807, 2.05) is 0 Å². The van der Waals surface area contributed by atoms with Crippen molar-refractivity contribution >= 4 is 25.8 Å². The molecule has 0 aliphatic carbocycles. The second-order valence-electron chi connectivity index (χ2n) is 6.53. The summed E-state index contributed by atoms with van der Waals surface area (Å²) in [6.45, 7) is -1.68. The minimum atomic E-state index is -4.49. The lowest BCUT2D eigenvalue weighted by molar-refractivity contribution is -0.0498. The fourth-order valence-electron chi connectivity index (χ4n) is 2.68. The Balaban J connectivity index is 1.74. The summed E-state index contributed by atoms with van der Waals surface area (Å²) < 4.78 is 85.6. The Morgan fingerprint density at radius 2 is 1.68 bits per heavy atom. The van der Waals surface area contributed by atoms with Gasteiger partial charge < -0.3 is 9.47 Å². The molecule has 1 amide bonds. The molecule has 0 aromatic heterocycles. The van der Waals surface area contributed by atoms with E-state index in [-0.39, 0.29) is 16.2 Å². The van der Waals surface area contributed by atoms with Gasteiger partial charge in [0.1, 0.15) is 17.6 Å². The molecule has 0 radical (unpaired) electrons. The molecule has 8 nitrogen and oxygen atoms in total. The third-order valence-corrected chi connectivity index (χ3v) is 7.53. The summed E-state index contributed by atoms with van der Waals surface area (Å²) in [6, 6.07) is 10.4. The van der Waals surface area contributed by atoms with Crippen molar-refractivity contribution in [1.82, 2.24) is 4.72 Å².